The Kier molecular flexibility index (Phi) is 3.23. The highest BCUT2D eigenvalue weighted by atomic mass is 15.3. The Morgan fingerprint density at radius 3 is 2.08 bits per heavy atom. The number of nitrogens with zero attached hydrogens (tertiary/aromatic N) is 3. The highest BCUT2D eigenvalue weighted by Gasteiger charge is 2.17. The van der Waals surface area contributed by atoms with Crippen LogP contribution in [0.3, 0.4) is 0 Å². The van der Waals surface area contributed by atoms with Gasteiger partial charge in [-0.3, -0.25) is 0 Å². The lowest BCUT2D eigenvalue weighted by atomic mass is 10.2. The van der Waals surface area contributed by atoms with Crippen molar-refractivity contribution < 1.29 is 0 Å². The van der Waals surface area contributed by atoms with Gasteiger partial charge in [0.1, 0.15) is 0 Å². The molecular weight excluding hydrogens is 162 g/mol. The molecule has 0 aliphatic carbocycles. The molecule has 0 unspecified atom stereocenters. The molecule has 0 atom stereocenters. The summed E-state index contributed by atoms with van der Waals surface area (Å²) in [7, 11) is 0. The van der Waals surface area contributed by atoms with Gasteiger partial charge in [0, 0.05) is 24.5 Å². The zero-order valence-corrected chi connectivity index (χ0v) is 8.67. The van der Waals surface area contributed by atoms with Crippen molar-refractivity contribution in [3.05, 3.63) is 12.3 Å². The first-order chi connectivity index (χ1) is 6.09. The molecule has 3 nitrogen and oxygen atoms in total. The second-order valence-corrected chi connectivity index (χ2v) is 3.55. The Labute approximate surface area is 79.9 Å². The summed E-state index contributed by atoms with van der Waals surface area (Å²) < 4.78 is 0. The quantitative estimate of drug-likeness (QED) is 0.447. The van der Waals surface area contributed by atoms with Crippen LogP contribution < -0.4 is 0 Å². The Morgan fingerprint density at radius 1 is 1.15 bits per heavy atom. The van der Waals surface area contributed by atoms with Gasteiger partial charge in [-0.1, -0.05) is 6.58 Å². The van der Waals surface area contributed by atoms with Gasteiger partial charge >= 0.3 is 0 Å². The van der Waals surface area contributed by atoms with Crippen LogP contribution in [0.2, 0.25) is 0 Å². The maximum atomic E-state index is 4.37. The number of likely N-dealkylation sites (tertiary alicyclic amines) is 1. The minimum absolute atomic E-state index is 0.812. The van der Waals surface area contributed by atoms with Crippen LogP contribution in [0.15, 0.2) is 22.3 Å². The van der Waals surface area contributed by atoms with Gasteiger partial charge in [0.05, 0.1) is 0 Å². The smallest absolute Gasteiger partial charge is 0.225 e. The lowest BCUT2D eigenvalue weighted by molar-refractivity contribution is 0.296. The van der Waals surface area contributed by atoms with E-state index >= 15 is 0 Å². The number of allylic oxidation sites excluding steroid dienone is 1. The van der Waals surface area contributed by atoms with Gasteiger partial charge in [-0.25, -0.2) is 9.98 Å². The predicted octanol–water partition coefficient (Wildman–Crippen LogP) is 2.06. The lowest BCUT2D eigenvalue weighted by Crippen LogP contribution is -2.41. The Morgan fingerprint density at radius 2 is 1.77 bits per heavy atom. The minimum atomic E-state index is 0.812. The number of rotatable bonds is 1. The van der Waals surface area contributed by atoms with E-state index in [9.17, 15) is 0 Å². The summed E-state index contributed by atoms with van der Waals surface area (Å²) in [6.45, 7) is 11.8. The molecule has 13 heavy (non-hydrogen) atoms. The molecule has 0 bridgehead atoms. The summed E-state index contributed by atoms with van der Waals surface area (Å²) in [4.78, 5) is 10.8. The average Bonchev–Trinajstić information content (AvgIpc) is 1.78. The molecule has 1 heterocycles. The van der Waals surface area contributed by atoms with Crippen LogP contribution in [0.1, 0.15) is 27.2 Å². The normalized spacial score (nSPS) is 16.5. The molecule has 1 aliphatic rings. The summed E-state index contributed by atoms with van der Waals surface area (Å²) >= 11 is 0. The molecule has 1 aliphatic heterocycles. The van der Waals surface area contributed by atoms with E-state index in [-0.39, 0.29) is 0 Å². The molecule has 0 aromatic carbocycles. The third-order valence-corrected chi connectivity index (χ3v) is 1.75. The van der Waals surface area contributed by atoms with Crippen molar-refractivity contribution in [1.29, 1.82) is 0 Å². The topological polar surface area (TPSA) is 28.0 Å². The van der Waals surface area contributed by atoms with E-state index in [1.807, 2.05) is 20.8 Å². The van der Waals surface area contributed by atoms with Crippen LogP contribution in [-0.2, 0) is 0 Å². The van der Waals surface area contributed by atoms with E-state index in [0.29, 0.717) is 0 Å². The molecule has 3 heteroatoms. The fourth-order valence-corrected chi connectivity index (χ4v) is 1.05. The van der Waals surface area contributed by atoms with Crippen LogP contribution >= 0.6 is 0 Å². The molecule has 0 spiro atoms. The van der Waals surface area contributed by atoms with Gasteiger partial charge in [-0.05, 0) is 27.2 Å². The molecule has 0 radical (unpaired) electrons. The van der Waals surface area contributed by atoms with Crippen molar-refractivity contribution in [2.75, 3.05) is 13.1 Å². The first-order valence-corrected chi connectivity index (χ1v) is 4.60. The average molecular weight is 179 g/mol. The van der Waals surface area contributed by atoms with Gasteiger partial charge in [-0.2, -0.15) is 0 Å². The van der Waals surface area contributed by atoms with Crippen LogP contribution in [0.5, 0.6) is 0 Å². The zero-order valence-electron chi connectivity index (χ0n) is 8.67. The second kappa shape index (κ2) is 4.21. The minimum Gasteiger partial charge on any atom is -0.341 e. The number of hydrogen-bond acceptors (Lipinski definition) is 1. The molecule has 0 N–H and O–H groups in total. The van der Waals surface area contributed by atoms with E-state index in [1.54, 1.807) is 0 Å². The Bertz CT molecular complexity index is 255. The fourth-order valence-electron chi connectivity index (χ4n) is 1.05. The number of aliphatic imine (C=N–C) groups is 2. The molecule has 0 aromatic heterocycles. The van der Waals surface area contributed by atoms with Crippen LogP contribution in [0, 0.1) is 0 Å². The van der Waals surface area contributed by atoms with Gasteiger partial charge < -0.3 is 4.90 Å². The summed E-state index contributed by atoms with van der Waals surface area (Å²) in [5.74, 6) is 0.818. The number of guanidine groups is 1. The molecule has 0 saturated carbocycles. The van der Waals surface area contributed by atoms with E-state index in [2.05, 4.69) is 21.5 Å². The standard InChI is InChI=1S/C10H17N3/c1-8(2)11-10(12-9(3)4)13-6-5-7-13/h1,5-7H2,2-4H3. The monoisotopic (exact) mass is 179 g/mol. The molecule has 1 rings (SSSR count). The van der Waals surface area contributed by atoms with Gasteiger partial charge in [-0.15, -0.1) is 0 Å². The van der Waals surface area contributed by atoms with Gasteiger partial charge in [0.2, 0.25) is 5.96 Å². The van der Waals surface area contributed by atoms with Crippen molar-refractivity contribution in [1.82, 2.24) is 4.90 Å². The van der Waals surface area contributed by atoms with Crippen LogP contribution in [0.4, 0.5) is 0 Å². The van der Waals surface area contributed by atoms with Gasteiger partial charge in [0.15, 0.2) is 0 Å². The summed E-state index contributed by atoms with van der Waals surface area (Å²) in [5, 5.41) is 0. The largest absolute Gasteiger partial charge is 0.341 e. The van der Waals surface area contributed by atoms with Crippen LogP contribution in [-0.4, -0.2) is 29.7 Å². The third-order valence-electron chi connectivity index (χ3n) is 1.75. The zero-order chi connectivity index (χ0) is 9.84. The SMILES string of the molecule is C=C(C)N=C(N=C(C)C)N1CCC1. The summed E-state index contributed by atoms with van der Waals surface area (Å²) in [6, 6.07) is 0. The van der Waals surface area contributed by atoms with Crippen molar-refractivity contribution in [2.24, 2.45) is 9.98 Å². The van der Waals surface area contributed by atoms with Crippen molar-refractivity contribution in [3.8, 4) is 0 Å². The maximum Gasteiger partial charge on any atom is 0.225 e. The first-order valence-electron chi connectivity index (χ1n) is 4.60. The molecular formula is C10H17N3. The highest BCUT2D eigenvalue weighted by Crippen LogP contribution is 2.09. The fraction of sp³-hybridized carbons (Fsp3) is 0.600. The first kappa shape index (κ1) is 9.96. The maximum absolute atomic E-state index is 4.37. The summed E-state index contributed by atoms with van der Waals surface area (Å²) in [6.07, 6.45) is 1.24. The van der Waals surface area contributed by atoms with Crippen molar-refractivity contribution in [3.63, 3.8) is 0 Å². The lowest BCUT2D eigenvalue weighted by Gasteiger charge is -2.31. The molecule has 1 saturated heterocycles. The predicted molar refractivity (Wildman–Crippen MR) is 57.2 cm³/mol. The van der Waals surface area contributed by atoms with Crippen LogP contribution in [0.25, 0.3) is 0 Å². The van der Waals surface area contributed by atoms with Gasteiger partial charge in [0.25, 0.3) is 0 Å². The van der Waals surface area contributed by atoms with E-state index in [1.165, 1.54) is 6.42 Å². The van der Waals surface area contributed by atoms with Crippen molar-refractivity contribution >= 4 is 11.7 Å². The van der Waals surface area contributed by atoms with E-state index < -0.39 is 0 Å². The Hall–Kier alpha value is -1.12. The molecule has 0 aromatic rings. The Balaban J connectivity index is 2.75. The summed E-state index contributed by atoms with van der Waals surface area (Å²) in [5.41, 5.74) is 1.85. The third kappa shape index (κ3) is 3.01. The highest BCUT2D eigenvalue weighted by molar-refractivity contribution is 5.95. The second-order valence-electron chi connectivity index (χ2n) is 3.55. The van der Waals surface area contributed by atoms with E-state index in [0.717, 1.165) is 30.5 Å². The van der Waals surface area contributed by atoms with Crippen molar-refractivity contribution in [2.45, 2.75) is 27.2 Å². The molecule has 0 amide bonds. The molecule has 1 fully saturated rings. The molecule has 72 valence electrons. The number of hydrogen-bond donors (Lipinski definition) is 0. The van der Waals surface area contributed by atoms with E-state index in [4.69, 9.17) is 0 Å².